The Morgan fingerprint density at radius 2 is 2.00 bits per heavy atom. The van der Waals surface area contributed by atoms with E-state index < -0.39 is 0 Å². The quantitative estimate of drug-likeness (QED) is 0.760. The molecule has 0 N–H and O–H groups in total. The lowest BCUT2D eigenvalue weighted by molar-refractivity contribution is 0.0745. The molecule has 0 aliphatic heterocycles. The second kappa shape index (κ2) is 5.05. The van der Waals surface area contributed by atoms with Crippen LogP contribution in [0.25, 0.3) is 0 Å². The number of carbonyl (C=O) groups is 1. The lowest BCUT2D eigenvalue weighted by Gasteiger charge is -2.26. The number of halogens is 1. The van der Waals surface area contributed by atoms with Crippen molar-refractivity contribution < 1.29 is 4.79 Å². The second-order valence-electron chi connectivity index (χ2n) is 5.54. The third-order valence-electron chi connectivity index (χ3n) is 2.23. The Balaban J connectivity index is 2.89. The Labute approximate surface area is 108 Å². The van der Waals surface area contributed by atoms with Gasteiger partial charge in [0.1, 0.15) is 5.15 Å². The van der Waals surface area contributed by atoms with E-state index in [0.717, 1.165) is 5.69 Å². The summed E-state index contributed by atoms with van der Waals surface area (Å²) in [6, 6.07) is 3.36. The Hall–Kier alpha value is -1.09. The smallest absolute Gasteiger partial charge is 0.253 e. The molecule has 0 aromatic carbocycles. The van der Waals surface area contributed by atoms with Gasteiger partial charge in [-0.3, -0.25) is 4.79 Å². The molecule has 0 saturated carbocycles. The summed E-state index contributed by atoms with van der Waals surface area (Å²) in [7, 11) is 1.80. The number of hydrogen-bond acceptors (Lipinski definition) is 2. The highest BCUT2D eigenvalue weighted by Gasteiger charge is 2.19. The highest BCUT2D eigenvalue weighted by Crippen LogP contribution is 2.17. The van der Waals surface area contributed by atoms with Crippen molar-refractivity contribution in [1.29, 1.82) is 0 Å². The van der Waals surface area contributed by atoms with Crippen molar-refractivity contribution in [3.63, 3.8) is 0 Å². The van der Waals surface area contributed by atoms with E-state index in [9.17, 15) is 4.79 Å². The van der Waals surface area contributed by atoms with Gasteiger partial charge in [-0.25, -0.2) is 4.98 Å². The van der Waals surface area contributed by atoms with Crippen LogP contribution < -0.4 is 0 Å². The first-order valence-corrected chi connectivity index (χ1v) is 5.96. The molecule has 1 aromatic rings. The largest absolute Gasteiger partial charge is 0.341 e. The van der Waals surface area contributed by atoms with Crippen LogP contribution in [0, 0.1) is 12.3 Å². The number of pyridine rings is 1. The summed E-state index contributed by atoms with van der Waals surface area (Å²) < 4.78 is 0. The van der Waals surface area contributed by atoms with Gasteiger partial charge in [-0.2, -0.15) is 0 Å². The van der Waals surface area contributed by atoms with E-state index in [1.165, 1.54) is 0 Å². The number of rotatable bonds is 2. The second-order valence-corrected chi connectivity index (χ2v) is 5.93. The molecule has 0 atom stereocenters. The van der Waals surface area contributed by atoms with Gasteiger partial charge in [-0.05, 0) is 24.5 Å². The topological polar surface area (TPSA) is 33.2 Å². The number of nitrogens with zero attached hydrogens (tertiary/aromatic N) is 2. The van der Waals surface area contributed by atoms with Gasteiger partial charge in [0.05, 0.1) is 0 Å². The number of amides is 1. The van der Waals surface area contributed by atoms with Crippen LogP contribution in [0.15, 0.2) is 12.1 Å². The summed E-state index contributed by atoms with van der Waals surface area (Å²) in [5, 5.41) is 0.359. The van der Waals surface area contributed by atoms with Gasteiger partial charge in [0.2, 0.25) is 0 Å². The fourth-order valence-electron chi connectivity index (χ4n) is 1.76. The predicted molar refractivity (Wildman–Crippen MR) is 70.4 cm³/mol. The SMILES string of the molecule is Cc1cc(C(=O)N(C)CC(C)(C)C)cc(Cl)n1. The van der Waals surface area contributed by atoms with Gasteiger partial charge in [0.25, 0.3) is 5.91 Å². The van der Waals surface area contributed by atoms with Crippen molar-refractivity contribution in [2.75, 3.05) is 13.6 Å². The zero-order valence-electron chi connectivity index (χ0n) is 11.0. The molecule has 0 radical (unpaired) electrons. The predicted octanol–water partition coefficient (Wildman–Crippen LogP) is 3.16. The lowest BCUT2D eigenvalue weighted by atomic mass is 9.96. The number of aryl methyl sites for hydroxylation is 1. The molecule has 1 amide bonds. The molecule has 1 heterocycles. The Morgan fingerprint density at radius 1 is 1.41 bits per heavy atom. The van der Waals surface area contributed by atoms with Crippen LogP contribution in [0.3, 0.4) is 0 Å². The molecule has 0 aliphatic rings. The molecule has 1 rings (SSSR count). The summed E-state index contributed by atoms with van der Waals surface area (Å²) >= 11 is 5.85. The van der Waals surface area contributed by atoms with Crippen molar-refractivity contribution in [2.24, 2.45) is 5.41 Å². The van der Waals surface area contributed by atoms with Crippen LogP contribution in [0.5, 0.6) is 0 Å². The molecule has 3 nitrogen and oxygen atoms in total. The first-order chi connectivity index (χ1) is 7.69. The minimum atomic E-state index is -0.0210. The van der Waals surface area contributed by atoms with E-state index in [4.69, 9.17) is 11.6 Å². The fraction of sp³-hybridized carbons (Fsp3) is 0.538. The van der Waals surface area contributed by atoms with Gasteiger partial charge in [0, 0.05) is 24.8 Å². The Morgan fingerprint density at radius 3 is 2.47 bits per heavy atom. The van der Waals surface area contributed by atoms with Crippen molar-refractivity contribution in [3.8, 4) is 0 Å². The molecule has 0 spiro atoms. The summed E-state index contributed by atoms with van der Waals surface area (Å²) in [5.41, 5.74) is 1.43. The van der Waals surface area contributed by atoms with E-state index in [2.05, 4.69) is 25.8 Å². The number of aromatic nitrogens is 1. The first-order valence-electron chi connectivity index (χ1n) is 5.59. The van der Waals surface area contributed by atoms with Crippen LogP contribution >= 0.6 is 11.6 Å². The maximum atomic E-state index is 12.2. The molecule has 0 saturated heterocycles. The zero-order chi connectivity index (χ0) is 13.2. The Bertz CT molecular complexity index is 404. The fourth-order valence-corrected chi connectivity index (χ4v) is 2.01. The van der Waals surface area contributed by atoms with Gasteiger partial charge in [-0.15, -0.1) is 0 Å². The summed E-state index contributed by atoms with van der Waals surface area (Å²) in [5.74, 6) is -0.0210. The molecule has 4 heteroatoms. The first kappa shape index (κ1) is 14.0. The molecule has 0 bridgehead atoms. The number of carbonyl (C=O) groups excluding carboxylic acids is 1. The van der Waals surface area contributed by atoms with E-state index in [1.54, 1.807) is 24.1 Å². The minimum Gasteiger partial charge on any atom is -0.341 e. The maximum Gasteiger partial charge on any atom is 0.253 e. The van der Waals surface area contributed by atoms with E-state index in [0.29, 0.717) is 17.3 Å². The third-order valence-corrected chi connectivity index (χ3v) is 2.42. The Kier molecular flexibility index (Phi) is 4.15. The lowest BCUT2D eigenvalue weighted by Crippen LogP contribution is -2.34. The zero-order valence-corrected chi connectivity index (χ0v) is 11.8. The minimum absolute atomic E-state index is 0.0210. The monoisotopic (exact) mass is 254 g/mol. The average molecular weight is 255 g/mol. The normalized spacial score (nSPS) is 11.4. The molecule has 94 valence electrons. The van der Waals surface area contributed by atoms with E-state index in [1.807, 2.05) is 6.92 Å². The van der Waals surface area contributed by atoms with Crippen molar-refractivity contribution in [3.05, 3.63) is 28.5 Å². The number of hydrogen-bond donors (Lipinski definition) is 0. The molecule has 17 heavy (non-hydrogen) atoms. The van der Waals surface area contributed by atoms with Crippen molar-refractivity contribution >= 4 is 17.5 Å². The van der Waals surface area contributed by atoms with E-state index in [-0.39, 0.29) is 11.3 Å². The maximum absolute atomic E-state index is 12.2. The van der Waals surface area contributed by atoms with Crippen LogP contribution in [-0.2, 0) is 0 Å². The molecule has 0 aliphatic carbocycles. The van der Waals surface area contributed by atoms with Crippen LogP contribution in [0.1, 0.15) is 36.8 Å². The van der Waals surface area contributed by atoms with Gasteiger partial charge < -0.3 is 4.90 Å². The standard InChI is InChI=1S/C13H19ClN2O/c1-9-6-10(7-11(14)15-9)12(17)16(5)8-13(2,3)4/h6-7H,8H2,1-5H3. The van der Waals surface area contributed by atoms with Crippen LogP contribution in [0.2, 0.25) is 5.15 Å². The summed E-state index contributed by atoms with van der Waals surface area (Å²) in [6.45, 7) is 8.82. The van der Waals surface area contributed by atoms with Crippen LogP contribution in [-0.4, -0.2) is 29.4 Å². The molecular weight excluding hydrogens is 236 g/mol. The van der Waals surface area contributed by atoms with Gasteiger partial charge >= 0.3 is 0 Å². The highest BCUT2D eigenvalue weighted by molar-refractivity contribution is 6.29. The molecular formula is C13H19ClN2O. The summed E-state index contributed by atoms with van der Waals surface area (Å²) in [6.07, 6.45) is 0. The average Bonchev–Trinajstić information content (AvgIpc) is 2.12. The molecule has 0 fully saturated rings. The van der Waals surface area contributed by atoms with E-state index >= 15 is 0 Å². The van der Waals surface area contributed by atoms with Gasteiger partial charge in [-0.1, -0.05) is 32.4 Å². The van der Waals surface area contributed by atoms with Gasteiger partial charge in [0.15, 0.2) is 0 Å². The summed E-state index contributed by atoms with van der Waals surface area (Å²) in [4.78, 5) is 17.9. The van der Waals surface area contributed by atoms with Crippen molar-refractivity contribution in [1.82, 2.24) is 9.88 Å². The van der Waals surface area contributed by atoms with Crippen molar-refractivity contribution in [2.45, 2.75) is 27.7 Å². The molecule has 0 unspecified atom stereocenters. The van der Waals surface area contributed by atoms with Crippen LogP contribution in [0.4, 0.5) is 0 Å². The highest BCUT2D eigenvalue weighted by atomic mass is 35.5. The molecule has 1 aromatic heterocycles. The third kappa shape index (κ3) is 4.35.